The van der Waals surface area contributed by atoms with Crippen LogP contribution in [0.4, 0.5) is 73.0 Å². The number of hydrogen-bond acceptors (Lipinski definition) is 23. The molecule has 0 spiro atoms. The van der Waals surface area contributed by atoms with E-state index < -0.39 is 43.3 Å². The Bertz CT molecular complexity index is 7090. The van der Waals surface area contributed by atoms with Crippen LogP contribution in [-0.2, 0) is 9.59 Å². The molecule has 692 valence electrons. The van der Waals surface area contributed by atoms with E-state index in [9.17, 15) is 67.9 Å². The van der Waals surface area contributed by atoms with Gasteiger partial charge in [-0.3, -0.25) is 24.0 Å². The van der Waals surface area contributed by atoms with Gasteiger partial charge in [-0.15, -0.1) is 66.6 Å². The molecule has 21 rings (SSSR count). The zero-order valence-corrected chi connectivity index (χ0v) is 74.8. The van der Waals surface area contributed by atoms with Crippen molar-refractivity contribution < 1.29 is 120 Å². The molecule has 5 amide bonds. The zero-order chi connectivity index (χ0) is 96.2. The molecule has 8 aromatic heterocycles. The fraction of sp³-hybridized carbons (Fsp3) is 0.109. The summed E-state index contributed by atoms with van der Waals surface area (Å²) in [5, 5.41) is 18.2. The second kappa shape index (κ2) is 37.5. The summed E-state index contributed by atoms with van der Waals surface area (Å²) in [6.07, 6.45) is -8.30. The van der Waals surface area contributed by atoms with Crippen molar-refractivity contribution in [1.82, 2.24) is 24.9 Å². The predicted octanol–water partition coefficient (Wildman–Crippen LogP) is 26.1. The lowest BCUT2D eigenvalue weighted by Gasteiger charge is -2.08. The summed E-state index contributed by atoms with van der Waals surface area (Å²) in [5.41, 5.74) is 7.31. The van der Waals surface area contributed by atoms with Gasteiger partial charge in [-0.2, -0.15) is 0 Å². The molecule has 0 unspecified atom stereocenters. The van der Waals surface area contributed by atoms with Crippen LogP contribution in [0.25, 0.3) is 76.7 Å². The third kappa shape index (κ3) is 21.1. The number of furan rings is 1. The first kappa shape index (κ1) is 93.4. The fourth-order valence-electron chi connectivity index (χ4n) is 13.5. The summed E-state index contributed by atoms with van der Waals surface area (Å²) < 4.78 is 182. The van der Waals surface area contributed by atoms with E-state index in [1.54, 1.807) is 66.7 Å². The molecule has 13 heterocycles. The van der Waals surface area contributed by atoms with Crippen LogP contribution in [0.2, 0.25) is 30.1 Å². The predicted molar refractivity (Wildman–Crippen MR) is 485 cm³/mol. The molecule has 5 N–H and O–H groups in total. The van der Waals surface area contributed by atoms with Crippen LogP contribution in [0.15, 0.2) is 229 Å². The highest BCUT2D eigenvalue weighted by Crippen LogP contribution is 2.53. The molecule has 1 fully saturated rings. The summed E-state index contributed by atoms with van der Waals surface area (Å²) in [6, 6.07) is 46.0. The Morgan fingerprint density at radius 3 is 1.00 bits per heavy atom. The number of aryl methyl sites for hydroxylation is 2. The number of carbonyl (C=O) groups is 5. The SMILES string of the molecule is C=CC(=O)Nc1ccc(-c2cc3c(cc2Cl)OC(F)(F)O3)cn1.Cc1c(C(=O)Nc2ccc(-c3cc4c(cc3Cl)OC(F)(F)O4)cn2)oc2ccccc12.Cc1ccsc1C(=O)Nc1ccc(-c2cc3c(cc2Cl)OC(F)(F)O3)cn1.O=C(Nc1ccc(-c2cc3c(cc2Cl)OC(F)(F)O3)cn1)C1CC1.O=C(Nc1ccc(-c2cc3c(cc2Cl)OC(F)(F)O3)cn1)c1sc2ccccc2c1Cl. The number of nitrogens with zero attached hydrogens (tertiary/aromatic N) is 5. The first-order valence-electron chi connectivity index (χ1n) is 39.4. The highest BCUT2D eigenvalue weighted by Gasteiger charge is 2.48. The normalized spacial score (nSPS) is 14.8. The van der Waals surface area contributed by atoms with Gasteiger partial charge in [0.15, 0.2) is 63.3 Å². The van der Waals surface area contributed by atoms with Crippen molar-refractivity contribution in [3.63, 3.8) is 0 Å². The maximum absolute atomic E-state index is 13.3. The number of thiophene rings is 2. The van der Waals surface area contributed by atoms with Gasteiger partial charge in [-0.05, 0) is 153 Å². The minimum absolute atomic E-state index is 0.0430. The minimum Gasteiger partial charge on any atom is -0.451 e. The van der Waals surface area contributed by atoms with Gasteiger partial charge < -0.3 is 78.4 Å². The lowest BCUT2D eigenvalue weighted by Crippen LogP contribution is -2.25. The molecule has 0 atom stereocenters. The number of amides is 5. The van der Waals surface area contributed by atoms with Crippen molar-refractivity contribution in [3.8, 4) is 113 Å². The van der Waals surface area contributed by atoms with Gasteiger partial charge in [-0.1, -0.05) is 113 Å². The van der Waals surface area contributed by atoms with Crippen molar-refractivity contribution in [3.05, 3.63) is 282 Å². The smallest absolute Gasteiger partial charge is 0.451 e. The van der Waals surface area contributed by atoms with Crippen LogP contribution in [-0.4, -0.2) is 85.9 Å². The number of pyridine rings is 5. The van der Waals surface area contributed by atoms with E-state index in [2.05, 4.69) is 105 Å². The van der Waals surface area contributed by atoms with Crippen LogP contribution in [0, 0.1) is 19.8 Å². The van der Waals surface area contributed by atoms with Crippen molar-refractivity contribution in [2.24, 2.45) is 5.92 Å². The molecule has 0 radical (unpaired) electrons. The first-order valence-corrected chi connectivity index (χ1v) is 43.4. The van der Waals surface area contributed by atoms with Crippen molar-refractivity contribution in [2.45, 2.75) is 58.2 Å². The van der Waals surface area contributed by atoms with E-state index in [-0.39, 0.29) is 118 Å². The van der Waals surface area contributed by atoms with Crippen LogP contribution in [0.1, 0.15) is 53.9 Å². The van der Waals surface area contributed by atoms with Gasteiger partial charge >= 0.3 is 31.5 Å². The first-order chi connectivity index (χ1) is 64.7. The molecule has 5 aliphatic heterocycles. The summed E-state index contributed by atoms with van der Waals surface area (Å²) >= 11 is 39.8. The molecule has 1 aliphatic carbocycles. The highest BCUT2D eigenvalue weighted by atomic mass is 35.5. The van der Waals surface area contributed by atoms with Gasteiger partial charge in [0, 0.05) is 144 Å². The number of aromatic nitrogens is 5. The lowest BCUT2D eigenvalue weighted by molar-refractivity contribution is -0.287. The average molecular weight is 2020 g/mol. The molecule has 1 saturated carbocycles. The molecule has 6 aliphatic rings. The number of nitrogens with one attached hydrogen (secondary N) is 5. The second-order valence-electron chi connectivity index (χ2n) is 29.4. The largest absolute Gasteiger partial charge is 0.586 e. The molecule has 136 heavy (non-hydrogen) atoms. The third-order valence-electron chi connectivity index (χ3n) is 20.0. The van der Waals surface area contributed by atoms with Gasteiger partial charge in [0.2, 0.25) is 11.8 Å². The quantitative estimate of drug-likeness (QED) is 0.0470. The van der Waals surface area contributed by atoms with Gasteiger partial charge in [0.25, 0.3) is 17.7 Å². The Labute approximate surface area is 796 Å². The molecule has 26 nitrogen and oxygen atoms in total. The van der Waals surface area contributed by atoms with E-state index >= 15 is 0 Å². The topological polar surface area (TPSA) is 315 Å². The van der Waals surface area contributed by atoms with Crippen LogP contribution < -0.4 is 74.0 Å². The third-order valence-corrected chi connectivity index (χ3v) is 24.3. The number of anilines is 5. The second-order valence-corrected chi connectivity index (χ2v) is 33.8. The van der Waals surface area contributed by atoms with Crippen molar-refractivity contribution >= 4 is 172 Å². The number of carbonyl (C=O) groups excluding carboxylic acids is 5. The maximum Gasteiger partial charge on any atom is 0.586 e. The minimum atomic E-state index is -3.73. The molecule has 7 aromatic carbocycles. The molecule has 0 bridgehead atoms. The standard InChI is InChI=1S/C22H13ClF2N2O4.C21H10Cl2F2N2O3S.C18H11ClF2N2O3S.C16H11ClF2N2O3.C15H9ClF2N2O3/c1-11-13-4-2-3-5-16(13)29-20(11)21(28)27-19-7-6-12(10-26-19)14-8-17-18(9-15(14)23)31-22(24,25)30-17;22-13-8-15-14(29-21(24,25)30-15)7-12(13)10-5-6-17(26-9-10)27-20(28)19-18(23)11-3-1-2-4-16(11)31-19;1-9-4-5-27-16(9)17(24)23-15-3-2-10(8-22-15)11-6-13-14(7-12(11)19)26-18(20,21)25-13;17-11-6-13-12(23-16(18,19)24-13)5-10(11)9-3-4-14(20-7-9)21-15(22)8-1-2-8;1-2-14(21)20-13-4-3-8(7-19-13)9-5-11-12(6-10(9)16)23-15(17,18)22-11/h2-10H,1H3,(H,26,27,28);1-9H,(H,26,27,28);2-8H,1H3,(H,22,23,24);3-8H,1-2H2,(H,20,21,22);2-7H,1H2,(H,19,20,21). The highest BCUT2D eigenvalue weighted by molar-refractivity contribution is 7.21. The Hall–Kier alpha value is -14.4. The molecular weight excluding hydrogens is 1970 g/mol. The van der Waals surface area contributed by atoms with Gasteiger partial charge in [0.1, 0.15) is 39.5 Å². The number of ether oxygens (including phenoxy) is 10. The number of para-hydroxylation sites is 1. The monoisotopic (exact) mass is 2020 g/mol. The maximum atomic E-state index is 13.3. The number of hydrogen-bond donors (Lipinski definition) is 5. The number of rotatable bonds is 15. The van der Waals surface area contributed by atoms with Crippen molar-refractivity contribution in [2.75, 3.05) is 26.6 Å². The van der Waals surface area contributed by atoms with Gasteiger partial charge in [0.05, 0.1) is 35.0 Å². The number of fused-ring (bicyclic) bond motifs is 7. The summed E-state index contributed by atoms with van der Waals surface area (Å²) in [5.74, 6) is -0.735. The van der Waals surface area contributed by atoms with Crippen LogP contribution >= 0.6 is 92.3 Å². The molecular formula is C92H54Cl6F10N10O16S2. The lowest BCUT2D eigenvalue weighted by atomic mass is 10.1. The van der Waals surface area contributed by atoms with E-state index in [0.717, 1.165) is 45.5 Å². The number of alkyl halides is 10. The summed E-state index contributed by atoms with van der Waals surface area (Å²) in [4.78, 5) is 82.2. The van der Waals surface area contributed by atoms with Crippen LogP contribution in [0.5, 0.6) is 57.5 Å². The van der Waals surface area contributed by atoms with Gasteiger partial charge in [-0.25, -0.2) is 24.9 Å². The van der Waals surface area contributed by atoms with E-state index in [1.165, 1.54) is 114 Å². The van der Waals surface area contributed by atoms with E-state index in [0.29, 0.717) is 99.3 Å². The average Bonchev–Trinajstić information content (AvgIpc) is 1.64. The Kier molecular flexibility index (Phi) is 25.7. The zero-order valence-electron chi connectivity index (χ0n) is 68.6. The van der Waals surface area contributed by atoms with E-state index in [4.69, 9.17) is 74.0 Å². The molecule has 0 saturated heterocycles. The number of halogens is 16. The fourth-order valence-corrected chi connectivity index (χ4v) is 17.1. The van der Waals surface area contributed by atoms with Crippen LogP contribution in [0.3, 0.4) is 0 Å². The Morgan fingerprint density at radius 1 is 0.382 bits per heavy atom. The number of benzene rings is 7. The molecule has 15 aromatic rings. The summed E-state index contributed by atoms with van der Waals surface area (Å²) in [6.45, 7) is 7.00. The van der Waals surface area contributed by atoms with E-state index in [1.807, 2.05) is 67.8 Å². The molecule has 44 heteroatoms. The Morgan fingerprint density at radius 2 is 0.691 bits per heavy atom. The Balaban J connectivity index is 0.000000119. The summed E-state index contributed by atoms with van der Waals surface area (Å²) in [7, 11) is 0. The van der Waals surface area contributed by atoms with Crippen molar-refractivity contribution in [1.29, 1.82) is 0 Å².